The van der Waals surface area contributed by atoms with Gasteiger partial charge in [0.1, 0.15) is 0 Å². The quantitative estimate of drug-likeness (QED) is 0.686. The van der Waals surface area contributed by atoms with E-state index in [1.807, 2.05) is 12.1 Å². The first kappa shape index (κ1) is 16.4. The van der Waals surface area contributed by atoms with Gasteiger partial charge in [-0.15, -0.1) is 11.8 Å². The zero-order chi connectivity index (χ0) is 15.2. The summed E-state index contributed by atoms with van der Waals surface area (Å²) in [4.78, 5) is 13.1. The van der Waals surface area contributed by atoms with Crippen molar-refractivity contribution in [3.05, 3.63) is 57.5 Å². The zero-order valence-electron chi connectivity index (χ0n) is 11.5. The summed E-state index contributed by atoms with van der Waals surface area (Å²) in [6.07, 6.45) is 0.465. The van der Waals surface area contributed by atoms with Gasteiger partial charge in [0, 0.05) is 27.2 Å². The van der Waals surface area contributed by atoms with Gasteiger partial charge in [0.25, 0.3) is 0 Å². The minimum atomic E-state index is -0.00648. The first-order valence-electron chi connectivity index (χ1n) is 6.49. The van der Waals surface area contributed by atoms with E-state index in [1.54, 1.807) is 17.8 Å². The molecule has 2 rings (SSSR count). The molecule has 5 heteroatoms. The molecule has 1 amide bonds. The molecule has 110 valence electrons. The first-order chi connectivity index (χ1) is 10.0. The predicted octanol–water partition coefficient (Wildman–Crippen LogP) is 5.53. The second-order valence-corrected chi connectivity index (χ2v) is 7.02. The Bertz CT molecular complexity index is 631. The van der Waals surface area contributed by atoms with Crippen LogP contribution in [0.4, 0.5) is 5.69 Å². The number of rotatable bonds is 5. The lowest BCUT2D eigenvalue weighted by molar-refractivity contribution is -0.115. The summed E-state index contributed by atoms with van der Waals surface area (Å²) < 4.78 is 0.817. The maximum atomic E-state index is 11.9. The minimum absolute atomic E-state index is 0.00648. The topological polar surface area (TPSA) is 29.1 Å². The fourth-order valence-corrected chi connectivity index (χ4v) is 2.97. The molecule has 0 aliphatic rings. The van der Waals surface area contributed by atoms with Crippen molar-refractivity contribution in [3.8, 4) is 0 Å². The monoisotopic (exact) mass is 383 g/mol. The van der Waals surface area contributed by atoms with Crippen molar-refractivity contribution >= 4 is 50.9 Å². The second kappa shape index (κ2) is 7.87. The van der Waals surface area contributed by atoms with Gasteiger partial charge in [-0.3, -0.25) is 4.79 Å². The van der Waals surface area contributed by atoms with Crippen LogP contribution in [0, 0.1) is 6.92 Å². The lowest BCUT2D eigenvalue weighted by Crippen LogP contribution is -2.12. The number of halogens is 2. The van der Waals surface area contributed by atoms with Crippen LogP contribution in [-0.4, -0.2) is 11.7 Å². The van der Waals surface area contributed by atoms with Crippen molar-refractivity contribution in [2.75, 3.05) is 11.1 Å². The average molecular weight is 385 g/mol. The molecule has 0 fully saturated rings. The van der Waals surface area contributed by atoms with E-state index in [9.17, 15) is 4.79 Å². The molecule has 1 N–H and O–H groups in total. The Hall–Kier alpha value is -0.970. The number of carbonyl (C=O) groups is 1. The third-order valence-corrected chi connectivity index (χ3v) is 5.07. The van der Waals surface area contributed by atoms with Gasteiger partial charge in [-0.25, -0.2) is 0 Å². The molecule has 0 spiro atoms. The molecule has 0 bridgehead atoms. The third kappa shape index (κ3) is 5.38. The van der Waals surface area contributed by atoms with Gasteiger partial charge < -0.3 is 5.32 Å². The highest BCUT2D eigenvalue weighted by Crippen LogP contribution is 2.25. The Balaban J connectivity index is 1.79. The van der Waals surface area contributed by atoms with E-state index in [1.165, 1.54) is 10.5 Å². The Morgan fingerprint density at radius 1 is 1.24 bits per heavy atom. The lowest BCUT2D eigenvalue weighted by atomic mass is 10.2. The van der Waals surface area contributed by atoms with Gasteiger partial charge in [0.15, 0.2) is 0 Å². The maximum Gasteiger partial charge on any atom is 0.225 e. The molecular weight excluding hydrogens is 370 g/mol. The van der Waals surface area contributed by atoms with E-state index in [0.717, 1.165) is 10.2 Å². The Labute approximate surface area is 142 Å². The molecule has 0 heterocycles. The predicted molar refractivity (Wildman–Crippen MR) is 94.3 cm³/mol. The van der Waals surface area contributed by atoms with Gasteiger partial charge in [-0.05, 0) is 53.2 Å². The summed E-state index contributed by atoms with van der Waals surface area (Å²) in [5, 5.41) is 3.43. The summed E-state index contributed by atoms with van der Waals surface area (Å²) in [6.45, 7) is 2.06. The summed E-state index contributed by atoms with van der Waals surface area (Å²) in [5.41, 5.74) is 1.96. The highest BCUT2D eigenvalue weighted by atomic mass is 79.9. The molecule has 0 radical (unpaired) electrons. The molecule has 0 atom stereocenters. The number of aryl methyl sites for hydroxylation is 1. The van der Waals surface area contributed by atoms with Crippen molar-refractivity contribution in [2.45, 2.75) is 18.2 Å². The number of nitrogens with one attached hydrogen (secondary N) is 1. The summed E-state index contributed by atoms with van der Waals surface area (Å²) in [6, 6.07) is 13.7. The van der Waals surface area contributed by atoms with Gasteiger partial charge >= 0.3 is 0 Å². The SMILES string of the molecule is Cc1ccc(SCCC(=O)Nc2ccc(Br)c(Cl)c2)cc1. The number of amides is 1. The van der Waals surface area contributed by atoms with Gasteiger partial charge in [0.2, 0.25) is 5.91 Å². The molecule has 0 unspecified atom stereocenters. The van der Waals surface area contributed by atoms with E-state index >= 15 is 0 Å². The largest absolute Gasteiger partial charge is 0.326 e. The van der Waals surface area contributed by atoms with Gasteiger partial charge in [0.05, 0.1) is 5.02 Å². The summed E-state index contributed by atoms with van der Waals surface area (Å²) >= 11 is 11.0. The number of hydrogen-bond acceptors (Lipinski definition) is 2. The average Bonchev–Trinajstić information content (AvgIpc) is 2.45. The van der Waals surface area contributed by atoms with Crippen LogP contribution in [0.25, 0.3) is 0 Å². The van der Waals surface area contributed by atoms with E-state index in [-0.39, 0.29) is 5.91 Å². The smallest absolute Gasteiger partial charge is 0.225 e. The summed E-state index contributed by atoms with van der Waals surface area (Å²) in [5.74, 6) is 0.743. The Morgan fingerprint density at radius 2 is 1.95 bits per heavy atom. The standard InChI is InChI=1S/C16H15BrClNOS/c1-11-2-5-13(6-3-11)21-9-8-16(20)19-12-4-7-14(17)15(18)10-12/h2-7,10H,8-9H2,1H3,(H,19,20). The number of hydrogen-bond donors (Lipinski definition) is 1. The molecule has 0 saturated carbocycles. The van der Waals surface area contributed by atoms with E-state index < -0.39 is 0 Å². The van der Waals surface area contributed by atoms with Crippen molar-refractivity contribution in [2.24, 2.45) is 0 Å². The van der Waals surface area contributed by atoms with E-state index in [0.29, 0.717) is 17.1 Å². The van der Waals surface area contributed by atoms with Crippen molar-refractivity contribution in [3.63, 3.8) is 0 Å². The normalized spacial score (nSPS) is 10.4. The molecular formula is C16H15BrClNOS. The molecule has 0 saturated heterocycles. The maximum absolute atomic E-state index is 11.9. The number of anilines is 1. The first-order valence-corrected chi connectivity index (χ1v) is 8.64. The van der Waals surface area contributed by atoms with Crippen LogP contribution in [0.3, 0.4) is 0 Å². The van der Waals surface area contributed by atoms with E-state index in [2.05, 4.69) is 52.4 Å². The number of thioether (sulfide) groups is 1. The van der Waals surface area contributed by atoms with Crippen molar-refractivity contribution < 1.29 is 4.79 Å². The van der Waals surface area contributed by atoms with Gasteiger partial charge in [-0.1, -0.05) is 29.3 Å². The van der Waals surface area contributed by atoms with E-state index in [4.69, 9.17) is 11.6 Å². The van der Waals surface area contributed by atoms with Crippen LogP contribution in [0.2, 0.25) is 5.02 Å². The zero-order valence-corrected chi connectivity index (χ0v) is 14.7. The lowest BCUT2D eigenvalue weighted by Gasteiger charge is -2.06. The number of carbonyl (C=O) groups excluding carboxylic acids is 1. The molecule has 0 aliphatic carbocycles. The van der Waals surface area contributed by atoms with Crippen molar-refractivity contribution in [1.29, 1.82) is 0 Å². The van der Waals surface area contributed by atoms with Crippen LogP contribution in [-0.2, 0) is 4.79 Å². The van der Waals surface area contributed by atoms with Crippen LogP contribution in [0.15, 0.2) is 51.8 Å². The highest BCUT2D eigenvalue weighted by Gasteiger charge is 2.05. The fourth-order valence-electron chi connectivity index (χ4n) is 1.69. The Kier molecular flexibility index (Phi) is 6.15. The van der Waals surface area contributed by atoms with Gasteiger partial charge in [-0.2, -0.15) is 0 Å². The Morgan fingerprint density at radius 3 is 2.62 bits per heavy atom. The highest BCUT2D eigenvalue weighted by molar-refractivity contribution is 9.10. The van der Waals surface area contributed by atoms with Crippen LogP contribution in [0.5, 0.6) is 0 Å². The molecule has 2 aromatic rings. The minimum Gasteiger partial charge on any atom is -0.326 e. The summed E-state index contributed by atoms with van der Waals surface area (Å²) in [7, 11) is 0. The molecule has 0 aromatic heterocycles. The van der Waals surface area contributed by atoms with Crippen molar-refractivity contribution in [1.82, 2.24) is 0 Å². The van der Waals surface area contributed by atoms with Crippen LogP contribution < -0.4 is 5.32 Å². The molecule has 2 aromatic carbocycles. The third-order valence-electron chi connectivity index (χ3n) is 2.82. The fraction of sp³-hybridized carbons (Fsp3) is 0.188. The second-order valence-electron chi connectivity index (χ2n) is 4.59. The van der Waals surface area contributed by atoms with Crippen LogP contribution >= 0.6 is 39.3 Å². The molecule has 2 nitrogen and oxygen atoms in total. The molecule has 0 aliphatic heterocycles. The molecule has 21 heavy (non-hydrogen) atoms. The van der Waals surface area contributed by atoms with Crippen LogP contribution in [0.1, 0.15) is 12.0 Å². The number of benzene rings is 2.